The second-order valence-electron chi connectivity index (χ2n) is 7.96. The topological polar surface area (TPSA) is 108 Å². The number of nitrogen functional groups attached to an aromatic ring is 1. The number of methoxy groups -OCH3 is 1. The molecular formula is C22H26N4O4. The van der Waals surface area contributed by atoms with Crippen LogP contribution in [0, 0.1) is 0 Å². The molecule has 8 nitrogen and oxygen atoms in total. The number of nitrogens with zero attached hydrogens (tertiary/aromatic N) is 3. The highest BCUT2D eigenvalue weighted by Gasteiger charge is 2.42. The van der Waals surface area contributed by atoms with Gasteiger partial charge in [-0.3, -0.25) is 9.59 Å². The summed E-state index contributed by atoms with van der Waals surface area (Å²) in [5.74, 6) is -0.208. The number of aromatic nitrogens is 2. The number of hydrogen-bond donors (Lipinski definition) is 1. The van der Waals surface area contributed by atoms with Crippen molar-refractivity contribution in [2.75, 3.05) is 24.3 Å². The Hall–Kier alpha value is -3.16. The fourth-order valence-electron chi connectivity index (χ4n) is 4.52. The van der Waals surface area contributed by atoms with Gasteiger partial charge in [-0.1, -0.05) is 31.4 Å². The highest BCUT2D eigenvalue weighted by atomic mass is 16.5. The van der Waals surface area contributed by atoms with E-state index in [2.05, 4.69) is 9.97 Å². The van der Waals surface area contributed by atoms with Crippen molar-refractivity contribution in [1.29, 1.82) is 0 Å². The summed E-state index contributed by atoms with van der Waals surface area (Å²) in [6.45, 7) is 2.21. The highest BCUT2D eigenvalue weighted by molar-refractivity contribution is 6.10. The van der Waals surface area contributed by atoms with Gasteiger partial charge in [0.25, 0.3) is 5.91 Å². The summed E-state index contributed by atoms with van der Waals surface area (Å²) in [6, 6.07) is 7.58. The number of ether oxygens (including phenoxy) is 2. The fraction of sp³-hybridized carbons (Fsp3) is 0.455. The van der Waals surface area contributed by atoms with Crippen molar-refractivity contribution < 1.29 is 19.1 Å². The van der Waals surface area contributed by atoms with Crippen LogP contribution in [-0.4, -0.2) is 41.6 Å². The first-order valence-corrected chi connectivity index (χ1v) is 10.2. The van der Waals surface area contributed by atoms with Gasteiger partial charge in [-0.25, -0.2) is 9.97 Å². The molecule has 0 radical (unpaired) electrons. The smallest absolute Gasteiger partial charge is 0.316 e. The van der Waals surface area contributed by atoms with Gasteiger partial charge in [0.15, 0.2) is 0 Å². The van der Waals surface area contributed by atoms with Crippen molar-refractivity contribution in [2.45, 2.75) is 50.5 Å². The van der Waals surface area contributed by atoms with E-state index < -0.39 is 5.41 Å². The Bertz CT molecular complexity index is 954. The van der Waals surface area contributed by atoms with Gasteiger partial charge in [0.1, 0.15) is 23.8 Å². The molecule has 2 aromatic rings. The molecule has 1 aliphatic carbocycles. The maximum Gasteiger partial charge on any atom is 0.316 e. The van der Waals surface area contributed by atoms with E-state index in [0.717, 1.165) is 37.7 Å². The summed E-state index contributed by atoms with van der Waals surface area (Å²) in [5, 5.41) is 0. The standard InChI is InChI=1S/C22H26N4O4/c1-14-12-26(20(27)17-18(23)24-13-25-19(17)30-14)16-8-6-15(7-9-16)22(21(28)29-2)10-4-3-5-11-22/h6-9,13-14H,3-5,10-12H2,1-2H3,(H2,23,24,25)/t14-/m1/s1. The Morgan fingerprint density at radius 1 is 1.20 bits per heavy atom. The minimum atomic E-state index is -0.615. The predicted octanol–water partition coefficient (Wildman–Crippen LogP) is 2.86. The summed E-state index contributed by atoms with van der Waals surface area (Å²) in [5.41, 5.74) is 7.12. The molecule has 1 fully saturated rings. The van der Waals surface area contributed by atoms with E-state index in [1.165, 1.54) is 13.4 Å². The molecule has 0 spiro atoms. The third-order valence-corrected chi connectivity index (χ3v) is 6.07. The minimum Gasteiger partial charge on any atom is -0.472 e. The molecule has 30 heavy (non-hydrogen) atoms. The van der Waals surface area contributed by atoms with Crippen LogP contribution in [-0.2, 0) is 14.9 Å². The first-order chi connectivity index (χ1) is 14.5. The lowest BCUT2D eigenvalue weighted by Gasteiger charge is -2.35. The van der Waals surface area contributed by atoms with Crippen molar-refractivity contribution in [3.8, 4) is 5.88 Å². The van der Waals surface area contributed by atoms with Crippen molar-refractivity contribution in [3.63, 3.8) is 0 Å². The SMILES string of the molecule is COC(=O)C1(c2ccc(N3C[C@@H](C)Oc4ncnc(N)c4C3=O)cc2)CCCCC1. The van der Waals surface area contributed by atoms with E-state index >= 15 is 0 Å². The second-order valence-corrected chi connectivity index (χ2v) is 7.96. The third kappa shape index (κ3) is 3.36. The molecule has 0 saturated heterocycles. The molecule has 8 heteroatoms. The monoisotopic (exact) mass is 410 g/mol. The van der Waals surface area contributed by atoms with Gasteiger partial charge in [-0.15, -0.1) is 0 Å². The van der Waals surface area contributed by atoms with Crippen molar-refractivity contribution in [2.24, 2.45) is 0 Å². The van der Waals surface area contributed by atoms with Crippen molar-refractivity contribution >= 4 is 23.4 Å². The number of anilines is 2. The van der Waals surface area contributed by atoms with Gasteiger partial charge in [0, 0.05) is 5.69 Å². The Morgan fingerprint density at radius 2 is 1.90 bits per heavy atom. The van der Waals surface area contributed by atoms with Crippen LogP contribution in [0.3, 0.4) is 0 Å². The van der Waals surface area contributed by atoms with E-state index in [9.17, 15) is 9.59 Å². The van der Waals surface area contributed by atoms with E-state index in [-0.39, 0.29) is 35.2 Å². The first kappa shape index (κ1) is 20.1. The number of esters is 1. The molecule has 2 N–H and O–H groups in total. The Morgan fingerprint density at radius 3 is 2.57 bits per heavy atom. The van der Waals surface area contributed by atoms with Crippen LogP contribution in [0.5, 0.6) is 5.88 Å². The van der Waals surface area contributed by atoms with E-state index in [4.69, 9.17) is 15.2 Å². The second kappa shape index (κ2) is 7.93. The van der Waals surface area contributed by atoms with Gasteiger partial charge in [0.2, 0.25) is 5.88 Å². The van der Waals surface area contributed by atoms with Crippen LogP contribution in [0.15, 0.2) is 30.6 Å². The van der Waals surface area contributed by atoms with Gasteiger partial charge >= 0.3 is 5.97 Å². The van der Waals surface area contributed by atoms with Gasteiger partial charge in [-0.05, 0) is 37.5 Å². The average Bonchev–Trinajstić information content (AvgIpc) is 2.90. The molecule has 0 unspecified atom stereocenters. The van der Waals surface area contributed by atoms with Crippen molar-refractivity contribution in [1.82, 2.24) is 9.97 Å². The molecule has 4 rings (SSSR count). The summed E-state index contributed by atoms with van der Waals surface area (Å²) >= 11 is 0. The molecule has 1 saturated carbocycles. The normalized spacial score (nSPS) is 20.7. The molecule has 1 amide bonds. The summed E-state index contributed by atoms with van der Waals surface area (Å²) < 4.78 is 10.9. The Balaban J connectivity index is 1.69. The number of carbonyl (C=O) groups is 2. The highest BCUT2D eigenvalue weighted by Crippen LogP contribution is 2.41. The number of benzene rings is 1. The molecule has 2 heterocycles. The third-order valence-electron chi connectivity index (χ3n) is 6.07. The molecule has 2 aliphatic rings. The van der Waals surface area contributed by atoms with Crippen molar-refractivity contribution in [3.05, 3.63) is 41.7 Å². The van der Waals surface area contributed by atoms with Gasteiger partial charge < -0.3 is 20.1 Å². The zero-order valence-electron chi connectivity index (χ0n) is 17.3. The van der Waals surface area contributed by atoms with Crippen LogP contribution in [0.4, 0.5) is 11.5 Å². The minimum absolute atomic E-state index is 0.0903. The molecular weight excluding hydrogens is 384 g/mol. The number of carbonyl (C=O) groups excluding carboxylic acids is 2. The number of hydrogen-bond acceptors (Lipinski definition) is 7. The lowest BCUT2D eigenvalue weighted by atomic mass is 9.69. The lowest BCUT2D eigenvalue weighted by Crippen LogP contribution is -2.39. The molecule has 1 aromatic carbocycles. The van der Waals surface area contributed by atoms with Crippen LogP contribution in [0.1, 0.15) is 54.9 Å². The summed E-state index contributed by atoms with van der Waals surface area (Å²) in [6.07, 6.45) is 5.67. The zero-order chi connectivity index (χ0) is 21.3. The van der Waals surface area contributed by atoms with E-state index in [0.29, 0.717) is 12.2 Å². The summed E-state index contributed by atoms with van der Waals surface area (Å²) in [7, 11) is 1.44. The lowest BCUT2D eigenvalue weighted by molar-refractivity contribution is -0.149. The van der Waals surface area contributed by atoms with Crippen LogP contribution in [0.25, 0.3) is 0 Å². The molecule has 1 aromatic heterocycles. The molecule has 1 aliphatic heterocycles. The van der Waals surface area contributed by atoms with Crippen LogP contribution >= 0.6 is 0 Å². The van der Waals surface area contributed by atoms with E-state index in [1.807, 2.05) is 31.2 Å². The zero-order valence-corrected chi connectivity index (χ0v) is 17.3. The molecule has 0 bridgehead atoms. The van der Waals surface area contributed by atoms with Gasteiger partial charge in [-0.2, -0.15) is 0 Å². The van der Waals surface area contributed by atoms with Crippen LogP contribution in [0.2, 0.25) is 0 Å². The largest absolute Gasteiger partial charge is 0.472 e. The number of nitrogens with two attached hydrogens (primary N) is 1. The maximum atomic E-state index is 13.2. The first-order valence-electron chi connectivity index (χ1n) is 10.2. The van der Waals surface area contributed by atoms with E-state index in [1.54, 1.807) is 4.90 Å². The number of rotatable bonds is 3. The summed E-state index contributed by atoms with van der Waals surface area (Å²) in [4.78, 5) is 35.5. The average molecular weight is 410 g/mol. The van der Waals surface area contributed by atoms with Gasteiger partial charge in [0.05, 0.1) is 19.1 Å². The molecule has 158 valence electrons. The maximum absolute atomic E-state index is 13.2. The molecule has 1 atom stereocenters. The predicted molar refractivity (Wildman–Crippen MR) is 111 cm³/mol. The quantitative estimate of drug-likeness (QED) is 0.775. The number of fused-ring (bicyclic) bond motifs is 1. The fourth-order valence-corrected chi connectivity index (χ4v) is 4.52. The Labute approximate surface area is 175 Å². The Kier molecular flexibility index (Phi) is 5.32. The number of amides is 1. The van der Waals surface area contributed by atoms with Crippen LogP contribution < -0.4 is 15.4 Å².